The van der Waals surface area contributed by atoms with Gasteiger partial charge in [0.2, 0.25) is 0 Å². The fourth-order valence-corrected chi connectivity index (χ4v) is 2.43. The Hall–Kier alpha value is -3.26. The molecule has 132 valence electrons. The van der Waals surface area contributed by atoms with E-state index in [0.29, 0.717) is 23.7 Å². The zero-order valence-electron chi connectivity index (χ0n) is 14.6. The summed E-state index contributed by atoms with van der Waals surface area (Å²) in [4.78, 5) is 12.1. The largest absolute Gasteiger partial charge is 0.493 e. The van der Waals surface area contributed by atoms with E-state index in [4.69, 9.17) is 9.47 Å². The molecule has 0 bridgehead atoms. The van der Waals surface area contributed by atoms with Gasteiger partial charge >= 0.3 is 0 Å². The van der Waals surface area contributed by atoms with Crippen molar-refractivity contribution in [1.29, 1.82) is 5.26 Å². The molecule has 0 unspecified atom stereocenters. The molecule has 0 heterocycles. The van der Waals surface area contributed by atoms with Crippen molar-refractivity contribution in [2.24, 2.45) is 0 Å². The monoisotopic (exact) mass is 348 g/mol. The Labute approximate surface area is 152 Å². The van der Waals surface area contributed by atoms with E-state index >= 15 is 0 Å². The first-order chi connectivity index (χ1) is 12.7. The molecule has 3 rings (SSSR count). The molecule has 0 saturated heterocycles. The Morgan fingerprint density at radius 1 is 1.23 bits per heavy atom. The van der Waals surface area contributed by atoms with Gasteiger partial charge in [-0.2, -0.15) is 5.26 Å². The Morgan fingerprint density at radius 2 is 2.00 bits per heavy atom. The molecule has 0 aromatic heterocycles. The molecular formula is C21H20N2O3. The van der Waals surface area contributed by atoms with Crippen LogP contribution in [0.25, 0.3) is 6.08 Å². The van der Waals surface area contributed by atoms with Crippen LogP contribution >= 0.6 is 0 Å². The Kier molecular flexibility index (Phi) is 5.55. The summed E-state index contributed by atoms with van der Waals surface area (Å²) in [7, 11) is 1.56. The second kappa shape index (κ2) is 8.21. The third-order valence-electron chi connectivity index (χ3n) is 4.01. The summed E-state index contributed by atoms with van der Waals surface area (Å²) in [6.45, 7) is 0.430. The van der Waals surface area contributed by atoms with Gasteiger partial charge in [0.05, 0.1) is 7.11 Å². The van der Waals surface area contributed by atoms with Gasteiger partial charge in [0.15, 0.2) is 11.5 Å². The van der Waals surface area contributed by atoms with Gasteiger partial charge in [-0.3, -0.25) is 4.79 Å². The number of benzene rings is 2. The second-order valence-corrected chi connectivity index (χ2v) is 6.10. The van der Waals surface area contributed by atoms with Crippen molar-refractivity contribution in [3.8, 4) is 17.6 Å². The van der Waals surface area contributed by atoms with Crippen molar-refractivity contribution in [1.82, 2.24) is 5.32 Å². The van der Waals surface area contributed by atoms with Crippen LogP contribution in [0.1, 0.15) is 24.0 Å². The molecule has 1 aliphatic carbocycles. The van der Waals surface area contributed by atoms with Crippen LogP contribution < -0.4 is 14.8 Å². The summed E-state index contributed by atoms with van der Waals surface area (Å²) < 4.78 is 11.2. The fraction of sp³-hybridized carbons (Fsp3) is 0.238. The van der Waals surface area contributed by atoms with E-state index < -0.39 is 0 Å². The lowest BCUT2D eigenvalue weighted by Crippen LogP contribution is -2.26. The van der Waals surface area contributed by atoms with E-state index in [9.17, 15) is 10.1 Å². The molecular weight excluding hydrogens is 328 g/mol. The summed E-state index contributed by atoms with van der Waals surface area (Å²) >= 11 is 0. The summed E-state index contributed by atoms with van der Waals surface area (Å²) in [6, 6.07) is 17.3. The third kappa shape index (κ3) is 4.64. The van der Waals surface area contributed by atoms with Gasteiger partial charge in [-0.25, -0.2) is 0 Å². The first-order valence-electron chi connectivity index (χ1n) is 8.47. The lowest BCUT2D eigenvalue weighted by atomic mass is 10.1. The molecule has 0 spiro atoms. The lowest BCUT2D eigenvalue weighted by Gasteiger charge is -2.11. The highest BCUT2D eigenvalue weighted by Crippen LogP contribution is 2.30. The van der Waals surface area contributed by atoms with Crippen LogP contribution in [0.5, 0.6) is 11.5 Å². The zero-order valence-corrected chi connectivity index (χ0v) is 14.6. The van der Waals surface area contributed by atoms with Crippen molar-refractivity contribution < 1.29 is 14.3 Å². The number of methoxy groups -OCH3 is 1. The molecule has 2 aromatic rings. The van der Waals surface area contributed by atoms with Gasteiger partial charge in [-0.15, -0.1) is 0 Å². The number of nitrogens with one attached hydrogen (secondary N) is 1. The lowest BCUT2D eigenvalue weighted by molar-refractivity contribution is -0.117. The van der Waals surface area contributed by atoms with Crippen LogP contribution in [0.2, 0.25) is 0 Å². The maximum absolute atomic E-state index is 12.1. The topological polar surface area (TPSA) is 71.3 Å². The molecule has 5 heteroatoms. The van der Waals surface area contributed by atoms with E-state index in [1.54, 1.807) is 31.4 Å². The van der Waals surface area contributed by atoms with Crippen molar-refractivity contribution >= 4 is 12.0 Å². The third-order valence-corrected chi connectivity index (χ3v) is 4.01. The minimum atomic E-state index is -0.335. The van der Waals surface area contributed by atoms with Gasteiger partial charge in [0.1, 0.15) is 18.2 Å². The number of hydrogen-bond donors (Lipinski definition) is 1. The number of carbonyl (C=O) groups is 1. The quantitative estimate of drug-likeness (QED) is 0.614. The number of amides is 1. The molecule has 0 atom stereocenters. The number of ether oxygens (including phenoxy) is 2. The second-order valence-electron chi connectivity index (χ2n) is 6.10. The van der Waals surface area contributed by atoms with Crippen molar-refractivity contribution in [2.45, 2.75) is 25.5 Å². The molecule has 1 amide bonds. The van der Waals surface area contributed by atoms with E-state index in [1.165, 1.54) is 0 Å². The standard InChI is InChI=1S/C21H20N2O3/c1-25-20-12-16(11-17(13-22)21(24)23-18-8-9-18)7-10-19(20)26-14-15-5-3-2-4-6-15/h2-7,10-12,18H,8-9,14H2,1H3,(H,23,24)/b17-11-. The summed E-state index contributed by atoms with van der Waals surface area (Å²) in [6.07, 6.45) is 3.51. The predicted octanol–water partition coefficient (Wildman–Crippen LogP) is 3.46. The average molecular weight is 348 g/mol. The first kappa shape index (κ1) is 17.6. The van der Waals surface area contributed by atoms with Crippen molar-refractivity contribution in [3.63, 3.8) is 0 Å². The summed E-state index contributed by atoms with van der Waals surface area (Å²) in [5.74, 6) is 0.822. The van der Waals surface area contributed by atoms with Crippen LogP contribution in [0.4, 0.5) is 0 Å². The number of rotatable bonds is 7. The van der Waals surface area contributed by atoms with E-state index in [-0.39, 0.29) is 17.5 Å². The van der Waals surface area contributed by atoms with Crippen LogP contribution in [0.3, 0.4) is 0 Å². The molecule has 1 N–H and O–H groups in total. The number of hydrogen-bond acceptors (Lipinski definition) is 4. The van der Waals surface area contributed by atoms with E-state index in [1.807, 2.05) is 36.4 Å². The highest BCUT2D eigenvalue weighted by Gasteiger charge is 2.24. The van der Waals surface area contributed by atoms with E-state index in [2.05, 4.69) is 5.32 Å². The summed E-state index contributed by atoms with van der Waals surface area (Å²) in [5.41, 5.74) is 1.84. The predicted molar refractivity (Wildman–Crippen MR) is 98.5 cm³/mol. The molecule has 1 fully saturated rings. The molecule has 26 heavy (non-hydrogen) atoms. The van der Waals surface area contributed by atoms with Crippen LogP contribution in [0, 0.1) is 11.3 Å². The minimum absolute atomic E-state index is 0.0805. The summed E-state index contributed by atoms with van der Waals surface area (Å²) in [5, 5.41) is 12.1. The molecule has 1 saturated carbocycles. The normalized spacial score (nSPS) is 13.6. The van der Waals surface area contributed by atoms with Crippen molar-refractivity contribution in [2.75, 3.05) is 7.11 Å². The van der Waals surface area contributed by atoms with Gasteiger partial charge in [0.25, 0.3) is 5.91 Å². The smallest absolute Gasteiger partial charge is 0.262 e. The molecule has 0 radical (unpaired) electrons. The Bertz CT molecular complexity index is 849. The van der Waals surface area contributed by atoms with Crippen LogP contribution in [0.15, 0.2) is 54.1 Å². The fourth-order valence-electron chi connectivity index (χ4n) is 2.43. The first-order valence-corrected chi connectivity index (χ1v) is 8.47. The average Bonchev–Trinajstić information content (AvgIpc) is 3.49. The van der Waals surface area contributed by atoms with Gasteiger partial charge in [0, 0.05) is 6.04 Å². The highest BCUT2D eigenvalue weighted by atomic mass is 16.5. The molecule has 5 nitrogen and oxygen atoms in total. The molecule has 1 aliphatic rings. The van der Waals surface area contributed by atoms with Gasteiger partial charge < -0.3 is 14.8 Å². The SMILES string of the molecule is COc1cc(/C=C(/C#N)C(=O)NC2CC2)ccc1OCc1ccccc1. The van der Waals surface area contributed by atoms with Crippen molar-refractivity contribution in [3.05, 3.63) is 65.2 Å². The molecule has 0 aliphatic heterocycles. The highest BCUT2D eigenvalue weighted by molar-refractivity contribution is 6.02. The Balaban J connectivity index is 1.73. The van der Waals surface area contributed by atoms with Gasteiger partial charge in [-0.05, 0) is 42.2 Å². The Morgan fingerprint density at radius 3 is 2.65 bits per heavy atom. The maximum Gasteiger partial charge on any atom is 0.262 e. The van der Waals surface area contributed by atoms with Crippen LogP contribution in [-0.4, -0.2) is 19.1 Å². The van der Waals surface area contributed by atoms with Gasteiger partial charge in [-0.1, -0.05) is 36.4 Å². The zero-order chi connectivity index (χ0) is 18.4. The number of nitriles is 1. The van der Waals surface area contributed by atoms with Crippen LogP contribution in [-0.2, 0) is 11.4 Å². The molecule has 2 aromatic carbocycles. The van der Waals surface area contributed by atoms with E-state index in [0.717, 1.165) is 18.4 Å². The minimum Gasteiger partial charge on any atom is -0.493 e. The maximum atomic E-state index is 12.1. The number of nitrogens with zero attached hydrogens (tertiary/aromatic N) is 1. The number of carbonyl (C=O) groups excluding carboxylic acids is 1.